The van der Waals surface area contributed by atoms with E-state index in [-0.39, 0.29) is 0 Å². The molecule has 0 aliphatic rings. The molecule has 0 aliphatic carbocycles. The number of ether oxygens (including phenoxy) is 1. The number of halogens is 5. The summed E-state index contributed by atoms with van der Waals surface area (Å²) in [6.45, 7) is -0.467. The van der Waals surface area contributed by atoms with E-state index in [1.165, 1.54) is 12.1 Å². The molecule has 0 bridgehead atoms. The highest BCUT2D eigenvalue weighted by molar-refractivity contribution is 9.09. The second-order valence-corrected chi connectivity index (χ2v) is 4.32. The highest BCUT2D eigenvalue weighted by Gasteiger charge is 2.38. The van der Waals surface area contributed by atoms with Gasteiger partial charge in [0.1, 0.15) is 17.2 Å². The van der Waals surface area contributed by atoms with Gasteiger partial charge in [-0.3, -0.25) is 0 Å². The van der Waals surface area contributed by atoms with Crippen molar-refractivity contribution in [1.29, 1.82) is 0 Å². The van der Waals surface area contributed by atoms with Gasteiger partial charge in [0.15, 0.2) is 0 Å². The Bertz CT molecular complexity index is 312. The lowest BCUT2D eigenvalue weighted by atomic mass is 10.3. The maximum atomic E-state index is 12.1. The monoisotopic (exact) mass is 302 g/mol. The smallest absolute Gasteiger partial charge is 0.404 e. The van der Waals surface area contributed by atoms with Crippen LogP contribution in [-0.4, -0.2) is 17.6 Å². The molecule has 0 N–H and O–H groups in total. The van der Waals surface area contributed by atoms with Gasteiger partial charge in [-0.05, 0) is 24.3 Å². The normalized spacial score (nSPS) is 13.7. The summed E-state index contributed by atoms with van der Waals surface area (Å²) in [6, 6.07) is 6.12. The Balaban J connectivity index is 2.47. The largest absolute Gasteiger partial charge is 0.492 e. The van der Waals surface area contributed by atoms with Gasteiger partial charge in [0, 0.05) is 5.02 Å². The molecule has 0 spiro atoms. The SMILES string of the molecule is FC(F)(F)C(Br)COc1ccc(Cl)cc1. The first-order valence-corrected chi connectivity index (χ1v) is 5.28. The van der Waals surface area contributed by atoms with Crippen LogP contribution in [-0.2, 0) is 0 Å². The molecule has 0 heterocycles. The highest BCUT2D eigenvalue weighted by Crippen LogP contribution is 2.27. The quantitative estimate of drug-likeness (QED) is 0.766. The Morgan fingerprint density at radius 2 is 1.80 bits per heavy atom. The third-order valence-electron chi connectivity index (χ3n) is 1.57. The molecule has 0 saturated carbocycles. The van der Waals surface area contributed by atoms with Crippen LogP contribution in [0.25, 0.3) is 0 Å². The Morgan fingerprint density at radius 1 is 1.27 bits per heavy atom. The highest BCUT2D eigenvalue weighted by atomic mass is 79.9. The first-order chi connectivity index (χ1) is 6.89. The molecule has 0 saturated heterocycles. The summed E-state index contributed by atoms with van der Waals surface area (Å²) in [7, 11) is 0. The third-order valence-corrected chi connectivity index (χ3v) is 2.60. The minimum absolute atomic E-state index is 0.355. The zero-order chi connectivity index (χ0) is 11.5. The molecule has 1 rings (SSSR count). The maximum Gasteiger partial charge on any atom is 0.404 e. The maximum absolute atomic E-state index is 12.1. The molecule has 0 radical (unpaired) electrons. The second-order valence-electron chi connectivity index (χ2n) is 2.77. The van der Waals surface area contributed by atoms with Gasteiger partial charge in [0.2, 0.25) is 0 Å². The summed E-state index contributed by atoms with van der Waals surface area (Å²) in [6.07, 6.45) is -4.30. The van der Waals surface area contributed by atoms with Crippen molar-refractivity contribution in [3.05, 3.63) is 29.3 Å². The molecule has 1 unspecified atom stereocenters. The van der Waals surface area contributed by atoms with Crippen molar-refractivity contribution in [3.63, 3.8) is 0 Å². The van der Waals surface area contributed by atoms with E-state index < -0.39 is 17.6 Å². The van der Waals surface area contributed by atoms with Crippen LogP contribution in [0, 0.1) is 0 Å². The van der Waals surface area contributed by atoms with Crippen LogP contribution in [0.2, 0.25) is 5.02 Å². The lowest BCUT2D eigenvalue weighted by Crippen LogP contribution is -2.28. The summed E-state index contributed by atoms with van der Waals surface area (Å²) in [5, 5.41) is 0.508. The van der Waals surface area contributed by atoms with E-state index in [4.69, 9.17) is 16.3 Å². The van der Waals surface area contributed by atoms with Crippen molar-refractivity contribution in [2.75, 3.05) is 6.61 Å². The first kappa shape index (κ1) is 12.6. The van der Waals surface area contributed by atoms with E-state index in [1.807, 2.05) is 0 Å². The van der Waals surface area contributed by atoms with Crippen molar-refractivity contribution in [2.45, 2.75) is 11.0 Å². The lowest BCUT2D eigenvalue weighted by Gasteiger charge is -2.14. The molecular formula is C9H7BrClF3O. The fourth-order valence-corrected chi connectivity index (χ4v) is 1.05. The molecule has 0 aromatic heterocycles. The van der Waals surface area contributed by atoms with E-state index in [9.17, 15) is 13.2 Å². The molecule has 0 aliphatic heterocycles. The predicted molar refractivity (Wildman–Crippen MR) is 55.7 cm³/mol. The van der Waals surface area contributed by atoms with Crippen LogP contribution in [0.15, 0.2) is 24.3 Å². The van der Waals surface area contributed by atoms with Gasteiger partial charge in [-0.1, -0.05) is 27.5 Å². The van der Waals surface area contributed by atoms with Gasteiger partial charge in [-0.25, -0.2) is 0 Å². The van der Waals surface area contributed by atoms with Gasteiger partial charge in [0.25, 0.3) is 0 Å². The Kier molecular flexibility index (Phi) is 4.28. The van der Waals surface area contributed by atoms with Gasteiger partial charge in [0.05, 0.1) is 0 Å². The van der Waals surface area contributed by atoms with Crippen molar-refractivity contribution in [3.8, 4) is 5.75 Å². The van der Waals surface area contributed by atoms with Crippen molar-refractivity contribution in [1.82, 2.24) is 0 Å². The van der Waals surface area contributed by atoms with Crippen LogP contribution in [0.5, 0.6) is 5.75 Å². The standard InChI is InChI=1S/C9H7BrClF3O/c10-8(9(12,13)14)5-15-7-3-1-6(11)2-4-7/h1-4,8H,5H2. The summed E-state index contributed by atoms with van der Waals surface area (Å²) in [5.74, 6) is 0.355. The van der Waals surface area contributed by atoms with Crippen molar-refractivity contribution < 1.29 is 17.9 Å². The number of hydrogen-bond acceptors (Lipinski definition) is 1. The lowest BCUT2D eigenvalue weighted by molar-refractivity contribution is -0.132. The van der Waals surface area contributed by atoms with Crippen LogP contribution in [0.3, 0.4) is 0 Å². The minimum atomic E-state index is -4.30. The first-order valence-electron chi connectivity index (χ1n) is 3.99. The van der Waals surface area contributed by atoms with E-state index in [2.05, 4.69) is 15.9 Å². The van der Waals surface area contributed by atoms with Crippen molar-refractivity contribution >= 4 is 27.5 Å². The molecule has 0 fully saturated rings. The summed E-state index contributed by atoms with van der Waals surface area (Å²) >= 11 is 8.10. The topological polar surface area (TPSA) is 9.23 Å². The molecule has 6 heteroatoms. The predicted octanol–water partition coefficient (Wildman–Crippen LogP) is 4.04. The van der Waals surface area contributed by atoms with Crippen LogP contribution in [0.1, 0.15) is 0 Å². The summed E-state index contributed by atoms with van der Waals surface area (Å²) in [4.78, 5) is -1.67. The zero-order valence-electron chi connectivity index (χ0n) is 7.39. The fraction of sp³-hybridized carbons (Fsp3) is 0.333. The van der Waals surface area contributed by atoms with Crippen molar-refractivity contribution in [2.24, 2.45) is 0 Å². The molecule has 84 valence electrons. The summed E-state index contributed by atoms with van der Waals surface area (Å²) in [5.41, 5.74) is 0. The number of alkyl halides is 4. The average molecular weight is 304 g/mol. The molecule has 1 nitrogen and oxygen atoms in total. The number of hydrogen-bond donors (Lipinski definition) is 0. The van der Waals surface area contributed by atoms with Gasteiger partial charge in [-0.15, -0.1) is 0 Å². The van der Waals surface area contributed by atoms with Gasteiger partial charge >= 0.3 is 6.18 Å². The molecular weight excluding hydrogens is 296 g/mol. The van der Waals surface area contributed by atoms with Gasteiger partial charge in [-0.2, -0.15) is 13.2 Å². The number of rotatable bonds is 3. The van der Waals surface area contributed by atoms with E-state index in [1.54, 1.807) is 12.1 Å². The number of benzene rings is 1. The Labute approximate surface area is 98.3 Å². The third kappa shape index (κ3) is 4.30. The molecule has 1 aromatic carbocycles. The van der Waals surface area contributed by atoms with E-state index in [0.29, 0.717) is 10.8 Å². The minimum Gasteiger partial charge on any atom is -0.492 e. The van der Waals surface area contributed by atoms with Crippen LogP contribution >= 0.6 is 27.5 Å². The van der Waals surface area contributed by atoms with Gasteiger partial charge < -0.3 is 4.74 Å². The Morgan fingerprint density at radius 3 is 2.27 bits per heavy atom. The van der Waals surface area contributed by atoms with Crippen LogP contribution < -0.4 is 4.74 Å². The molecule has 0 amide bonds. The molecule has 1 aromatic rings. The molecule has 15 heavy (non-hydrogen) atoms. The Hall–Kier alpha value is -0.420. The fourth-order valence-electron chi connectivity index (χ4n) is 0.795. The second kappa shape index (κ2) is 5.07. The van der Waals surface area contributed by atoms with Crippen LogP contribution in [0.4, 0.5) is 13.2 Å². The summed E-state index contributed by atoms with van der Waals surface area (Å²) < 4.78 is 41.1. The zero-order valence-corrected chi connectivity index (χ0v) is 9.73. The average Bonchev–Trinajstić information content (AvgIpc) is 2.15. The van der Waals surface area contributed by atoms with E-state index >= 15 is 0 Å². The van der Waals surface area contributed by atoms with E-state index in [0.717, 1.165) is 0 Å². The molecule has 1 atom stereocenters.